The maximum Gasteiger partial charge on any atom is 0.216 e. The number of sulfone groups is 1. The minimum absolute atomic E-state index is 0.00770. The molecule has 31 heavy (non-hydrogen) atoms. The highest BCUT2D eigenvalue weighted by Gasteiger charge is 2.20. The molecule has 0 unspecified atom stereocenters. The van der Waals surface area contributed by atoms with Crippen LogP contribution in [0.25, 0.3) is 6.08 Å². The molecule has 0 saturated heterocycles. The van der Waals surface area contributed by atoms with Gasteiger partial charge in [0.25, 0.3) is 0 Å². The number of hydrogen-bond donors (Lipinski definition) is 0. The number of nitrogens with zero attached hydrogens (tertiary/aromatic N) is 1. The Labute approximate surface area is 180 Å². The highest BCUT2D eigenvalue weighted by atomic mass is 32.2. The van der Waals surface area contributed by atoms with Gasteiger partial charge in [0.05, 0.1) is 11.5 Å². The first kappa shape index (κ1) is 22.1. The Morgan fingerprint density at radius 2 is 1.71 bits per heavy atom. The quantitative estimate of drug-likeness (QED) is 0.456. The van der Waals surface area contributed by atoms with Crippen molar-refractivity contribution in [1.29, 1.82) is 5.26 Å². The number of ether oxygens (including phenoxy) is 2. The first-order valence-electron chi connectivity index (χ1n) is 9.50. The Hall–Kier alpha value is -3.63. The molecule has 7 heteroatoms. The molecule has 0 bridgehead atoms. The van der Waals surface area contributed by atoms with Crippen LogP contribution in [0.15, 0.2) is 82.6 Å². The summed E-state index contributed by atoms with van der Waals surface area (Å²) in [5.74, 6) is 0.374. The summed E-state index contributed by atoms with van der Waals surface area (Å²) in [6.07, 6.45) is 1.28. The largest absolute Gasteiger partial charge is 0.490 e. The zero-order chi connectivity index (χ0) is 22.3. The molecule has 3 aromatic rings. The van der Waals surface area contributed by atoms with E-state index in [2.05, 4.69) is 0 Å². The lowest BCUT2D eigenvalue weighted by atomic mass is 10.2. The molecule has 0 fully saturated rings. The molecule has 0 heterocycles. The van der Waals surface area contributed by atoms with Crippen LogP contribution in [0.5, 0.6) is 11.5 Å². The molecule has 0 amide bonds. The molecule has 0 aliphatic heterocycles. The second kappa shape index (κ2) is 9.92. The van der Waals surface area contributed by atoms with Crippen LogP contribution in [-0.4, -0.2) is 15.0 Å². The summed E-state index contributed by atoms with van der Waals surface area (Å²) in [4.78, 5) is -0.348. The van der Waals surface area contributed by atoms with Crippen molar-refractivity contribution in [2.45, 2.75) is 18.4 Å². The lowest BCUT2D eigenvalue weighted by molar-refractivity contribution is 0.266. The van der Waals surface area contributed by atoms with E-state index in [0.717, 1.165) is 0 Å². The standard InChI is InChI=1S/C24H20FNO4S/c1-2-29-24-15-18(12-13-23(24)30-17-19-8-6-7-11-22(19)25)14-21(16-26)31(27,28)20-9-4-3-5-10-20/h3-15H,2,17H2,1H3/b21-14-. The number of halogens is 1. The zero-order valence-corrected chi connectivity index (χ0v) is 17.6. The van der Waals surface area contributed by atoms with Crippen molar-refractivity contribution in [2.24, 2.45) is 0 Å². The SMILES string of the molecule is CCOc1cc(/C=C(/C#N)S(=O)(=O)c2ccccc2)ccc1OCc1ccccc1F. The zero-order valence-electron chi connectivity index (χ0n) is 16.8. The van der Waals surface area contributed by atoms with Crippen molar-refractivity contribution in [3.05, 3.63) is 94.6 Å². The van der Waals surface area contributed by atoms with Gasteiger partial charge in [0.15, 0.2) is 11.5 Å². The Balaban J connectivity index is 1.90. The smallest absolute Gasteiger partial charge is 0.216 e. The summed E-state index contributed by atoms with van der Waals surface area (Å²) in [7, 11) is -3.95. The van der Waals surface area contributed by atoms with Gasteiger partial charge in [0.1, 0.15) is 23.4 Å². The van der Waals surface area contributed by atoms with Crippen molar-refractivity contribution < 1.29 is 22.3 Å². The summed E-state index contributed by atoms with van der Waals surface area (Å²) in [5.41, 5.74) is 0.854. The third-order valence-electron chi connectivity index (χ3n) is 4.36. The van der Waals surface area contributed by atoms with E-state index in [1.165, 1.54) is 24.3 Å². The Morgan fingerprint density at radius 3 is 2.39 bits per heavy atom. The molecule has 0 saturated carbocycles. The Bertz CT molecular complexity index is 1230. The van der Waals surface area contributed by atoms with E-state index in [-0.39, 0.29) is 22.2 Å². The number of hydrogen-bond acceptors (Lipinski definition) is 5. The summed E-state index contributed by atoms with van der Waals surface area (Å²) in [6, 6.07) is 20.6. The molecule has 0 aliphatic carbocycles. The van der Waals surface area contributed by atoms with Crippen molar-refractivity contribution >= 4 is 15.9 Å². The number of rotatable bonds is 8. The van der Waals surface area contributed by atoms with E-state index in [9.17, 15) is 18.1 Å². The van der Waals surface area contributed by atoms with Gasteiger partial charge in [-0.15, -0.1) is 0 Å². The Morgan fingerprint density at radius 1 is 1.00 bits per heavy atom. The highest BCUT2D eigenvalue weighted by molar-refractivity contribution is 7.95. The van der Waals surface area contributed by atoms with Crippen LogP contribution in [0.4, 0.5) is 4.39 Å². The minimum Gasteiger partial charge on any atom is -0.490 e. The fraction of sp³-hybridized carbons (Fsp3) is 0.125. The van der Waals surface area contributed by atoms with Gasteiger partial charge in [0, 0.05) is 5.56 Å². The number of nitriles is 1. The second-order valence-electron chi connectivity index (χ2n) is 6.46. The predicted molar refractivity (Wildman–Crippen MR) is 116 cm³/mol. The second-order valence-corrected chi connectivity index (χ2v) is 8.37. The molecule has 158 valence electrons. The third kappa shape index (κ3) is 5.30. The lowest BCUT2D eigenvalue weighted by Crippen LogP contribution is -2.04. The first-order chi connectivity index (χ1) is 15.0. The average molecular weight is 437 g/mol. The highest BCUT2D eigenvalue weighted by Crippen LogP contribution is 2.31. The van der Waals surface area contributed by atoms with Gasteiger partial charge < -0.3 is 9.47 Å². The molecule has 3 aromatic carbocycles. The minimum atomic E-state index is -3.95. The molecule has 0 spiro atoms. The number of benzene rings is 3. The maximum absolute atomic E-state index is 13.8. The average Bonchev–Trinajstić information content (AvgIpc) is 2.78. The molecule has 0 aromatic heterocycles. The molecule has 5 nitrogen and oxygen atoms in total. The van der Waals surface area contributed by atoms with Crippen molar-refractivity contribution in [1.82, 2.24) is 0 Å². The van der Waals surface area contributed by atoms with Crippen molar-refractivity contribution in [3.63, 3.8) is 0 Å². The summed E-state index contributed by atoms with van der Waals surface area (Å²) >= 11 is 0. The molecule has 3 rings (SSSR count). The summed E-state index contributed by atoms with van der Waals surface area (Å²) < 4.78 is 50.7. The molecule has 0 radical (unpaired) electrons. The van der Waals surface area contributed by atoms with E-state index in [4.69, 9.17) is 9.47 Å². The molecule has 0 aliphatic rings. The third-order valence-corrected chi connectivity index (χ3v) is 6.04. The van der Waals surface area contributed by atoms with Crippen LogP contribution in [0.3, 0.4) is 0 Å². The van der Waals surface area contributed by atoms with Gasteiger partial charge in [-0.25, -0.2) is 12.8 Å². The van der Waals surface area contributed by atoms with Crippen LogP contribution >= 0.6 is 0 Å². The fourth-order valence-electron chi connectivity index (χ4n) is 2.82. The van der Waals surface area contributed by atoms with Crippen molar-refractivity contribution in [3.8, 4) is 17.6 Å². The summed E-state index contributed by atoms with van der Waals surface area (Å²) in [6.45, 7) is 2.15. The normalized spacial score (nSPS) is 11.6. The van der Waals surface area contributed by atoms with Crippen LogP contribution in [-0.2, 0) is 16.4 Å². The molecular formula is C24H20FNO4S. The Kier molecular flexibility index (Phi) is 7.06. The first-order valence-corrected chi connectivity index (χ1v) is 11.0. The van der Waals surface area contributed by atoms with Crippen LogP contribution in [0.1, 0.15) is 18.1 Å². The maximum atomic E-state index is 13.8. The van der Waals surface area contributed by atoms with Crippen molar-refractivity contribution in [2.75, 3.05) is 6.61 Å². The van der Waals surface area contributed by atoms with Gasteiger partial charge in [-0.2, -0.15) is 5.26 Å². The molecular weight excluding hydrogens is 417 g/mol. The van der Waals surface area contributed by atoms with Crippen LogP contribution < -0.4 is 9.47 Å². The molecule has 0 N–H and O–H groups in total. The van der Waals surface area contributed by atoms with Gasteiger partial charge in [0.2, 0.25) is 9.84 Å². The lowest BCUT2D eigenvalue weighted by Gasteiger charge is -2.13. The van der Waals surface area contributed by atoms with Gasteiger partial charge in [-0.3, -0.25) is 0 Å². The van der Waals surface area contributed by atoms with Gasteiger partial charge >= 0.3 is 0 Å². The van der Waals surface area contributed by atoms with Gasteiger partial charge in [-0.05, 0) is 48.9 Å². The fourth-order valence-corrected chi connectivity index (χ4v) is 4.00. The van der Waals surface area contributed by atoms with E-state index >= 15 is 0 Å². The predicted octanol–water partition coefficient (Wildman–Crippen LogP) is 5.14. The van der Waals surface area contributed by atoms with Crippen LogP contribution in [0.2, 0.25) is 0 Å². The molecule has 0 atom stereocenters. The van der Waals surface area contributed by atoms with E-state index in [0.29, 0.717) is 29.2 Å². The summed E-state index contributed by atoms with van der Waals surface area (Å²) in [5, 5.41) is 9.46. The van der Waals surface area contributed by atoms with Gasteiger partial charge in [-0.1, -0.05) is 42.5 Å². The van der Waals surface area contributed by atoms with Crippen LogP contribution in [0, 0.1) is 17.1 Å². The van der Waals surface area contributed by atoms with E-state index in [1.807, 2.05) is 0 Å². The van der Waals surface area contributed by atoms with E-state index < -0.39 is 9.84 Å². The monoisotopic (exact) mass is 437 g/mol. The topological polar surface area (TPSA) is 76.4 Å². The number of allylic oxidation sites excluding steroid dienone is 1. The van der Waals surface area contributed by atoms with E-state index in [1.54, 1.807) is 67.6 Å².